The summed E-state index contributed by atoms with van der Waals surface area (Å²) in [5, 5.41) is 12.4. The predicted octanol–water partition coefficient (Wildman–Crippen LogP) is 3.56. The zero-order valence-electron chi connectivity index (χ0n) is 20.4. The Morgan fingerprint density at radius 3 is 2.70 bits per heavy atom. The summed E-state index contributed by atoms with van der Waals surface area (Å²) in [6.07, 6.45) is 0.306. The van der Waals surface area contributed by atoms with Crippen molar-refractivity contribution in [3.05, 3.63) is 66.6 Å². The number of alkyl halides is 2. The van der Waals surface area contributed by atoms with Crippen LogP contribution in [0.2, 0.25) is 0 Å². The number of rotatable bonds is 8. The van der Waals surface area contributed by atoms with Gasteiger partial charge in [-0.15, -0.1) is 0 Å². The smallest absolute Gasteiger partial charge is 0.281 e. The molecule has 2 amide bonds. The number of hydrogen-bond donors (Lipinski definition) is 1. The lowest BCUT2D eigenvalue weighted by molar-refractivity contribution is -0.131. The Hall–Kier alpha value is -4.46. The minimum Gasteiger partial charge on any atom is -0.493 e. The van der Waals surface area contributed by atoms with Gasteiger partial charge < -0.3 is 24.3 Å². The van der Waals surface area contributed by atoms with Crippen molar-refractivity contribution >= 4 is 28.8 Å². The van der Waals surface area contributed by atoms with Crippen molar-refractivity contribution < 1.29 is 23.1 Å². The molecule has 2 unspecified atom stereocenters. The minimum atomic E-state index is -2.73. The number of carbonyl (C=O) groups is 2. The second-order valence-electron chi connectivity index (χ2n) is 8.78. The molecule has 3 aromatic rings. The van der Waals surface area contributed by atoms with E-state index in [2.05, 4.69) is 22.9 Å². The van der Waals surface area contributed by atoms with Crippen LogP contribution in [-0.4, -0.2) is 64.3 Å². The molecule has 4 rings (SSSR count). The summed E-state index contributed by atoms with van der Waals surface area (Å²) < 4.78 is 33.0. The van der Waals surface area contributed by atoms with Gasteiger partial charge in [0.25, 0.3) is 6.43 Å². The van der Waals surface area contributed by atoms with Crippen molar-refractivity contribution in [3.63, 3.8) is 0 Å². The number of ether oxygens (including phenoxy) is 1. The van der Waals surface area contributed by atoms with Crippen LogP contribution in [0.4, 0.5) is 14.5 Å². The quantitative estimate of drug-likeness (QED) is 0.499. The van der Waals surface area contributed by atoms with Gasteiger partial charge in [0, 0.05) is 42.9 Å². The van der Waals surface area contributed by atoms with Gasteiger partial charge in [-0.25, -0.2) is 13.8 Å². The van der Waals surface area contributed by atoms with E-state index in [1.165, 1.54) is 22.6 Å². The zero-order chi connectivity index (χ0) is 26.7. The van der Waals surface area contributed by atoms with E-state index >= 15 is 0 Å². The average Bonchev–Trinajstić information content (AvgIpc) is 3.53. The van der Waals surface area contributed by atoms with E-state index in [-0.39, 0.29) is 48.4 Å². The molecular weight excluding hydrogens is 482 g/mol. The Morgan fingerprint density at radius 2 is 2.05 bits per heavy atom. The van der Waals surface area contributed by atoms with E-state index in [4.69, 9.17) is 4.74 Å². The molecule has 0 radical (unpaired) electrons. The lowest BCUT2D eigenvalue weighted by atomic mass is 10.1. The van der Waals surface area contributed by atoms with Crippen LogP contribution < -0.4 is 10.1 Å². The predicted molar refractivity (Wildman–Crippen MR) is 133 cm³/mol. The molecule has 2 atom stereocenters. The number of methoxy groups -OCH3 is 1. The Labute approximate surface area is 212 Å². The Morgan fingerprint density at radius 1 is 1.32 bits per heavy atom. The van der Waals surface area contributed by atoms with E-state index < -0.39 is 18.4 Å². The molecule has 0 spiro atoms. The maximum absolute atomic E-state index is 13.1. The number of carbonyl (C=O) groups excluding carboxylic acids is 2. The van der Waals surface area contributed by atoms with Crippen LogP contribution in [-0.2, 0) is 9.59 Å². The van der Waals surface area contributed by atoms with Crippen LogP contribution >= 0.6 is 0 Å². The number of hydrogen-bond acceptors (Lipinski definition) is 6. The van der Waals surface area contributed by atoms with Crippen molar-refractivity contribution in [1.29, 1.82) is 5.26 Å². The average molecular weight is 509 g/mol. The first-order chi connectivity index (χ1) is 17.7. The molecule has 1 aromatic carbocycles. The molecule has 11 heteroatoms. The Kier molecular flexibility index (Phi) is 7.38. The molecule has 1 aliphatic heterocycles. The summed E-state index contributed by atoms with van der Waals surface area (Å²) in [6.45, 7) is 4.07. The number of imidazole rings is 1. The molecule has 1 aliphatic rings. The number of likely N-dealkylation sites (N-methyl/N-ethyl adjacent to an activating group) is 1. The Bertz CT molecular complexity index is 1370. The molecule has 1 N–H and O–H groups in total. The van der Waals surface area contributed by atoms with Gasteiger partial charge in [-0.05, 0) is 24.6 Å². The highest BCUT2D eigenvalue weighted by Gasteiger charge is 2.39. The van der Waals surface area contributed by atoms with Crippen molar-refractivity contribution in [2.75, 3.05) is 32.6 Å². The first-order valence-electron chi connectivity index (χ1n) is 11.5. The maximum atomic E-state index is 13.1. The molecule has 0 bridgehead atoms. The number of para-hydroxylation sites is 1. The summed E-state index contributed by atoms with van der Waals surface area (Å²) in [6, 6.07) is 12.0. The molecule has 2 aromatic heterocycles. The van der Waals surface area contributed by atoms with Crippen LogP contribution in [0.1, 0.15) is 24.1 Å². The molecule has 1 saturated heterocycles. The van der Waals surface area contributed by atoms with Gasteiger partial charge in [0.15, 0.2) is 11.4 Å². The third-order valence-corrected chi connectivity index (χ3v) is 6.33. The van der Waals surface area contributed by atoms with E-state index in [9.17, 15) is 23.6 Å². The molecule has 192 valence electrons. The molecule has 3 heterocycles. The van der Waals surface area contributed by atoms with E-state index in [1.807, 2.05) is 6.07 Å². The minimum absolute atomic E-state index is 0.101. The third kappa shape index (κ3) is 5.38. The molecular formula is C26H26F2N6O3. The molecule has 0 aliphatic carbocycles. The van der Waals surface area contributed by atoms with E-state index in [1.54, 1.807) is 48.5 Å². The maximum Gasteiger partial charge on any atom is 0.281 e. The van der Waals surface area contributed by atoms with Gasteiger partial charge in [0.1, 0.15) is 11.7 Å². The summed E-state index contributed by atoms with van der Waals surface area (Å²) in [5.41, 5.74) is 1.48. The number of fused-ring (bicyclic) bond motifs is 1. The second kappa shape index (κ2) is 10.7. The topological polar surface area (TPSA) is 103 Å². The molecule has 37 heavy (non-hydrogen) atoms. The van der Waals surface area contributed by atoms with Crippen LogP contribution in [0.25, 0.3) is 11.3 Å². The lowest BCUT2D eigenvalue weighted by Gasteiger charge is -2.26. The first-order valence-corrected chi connectivity index (χ1v) is 11.5. The fourth-order valence-electron chi connectivity index (χ4n) is 4.30. The molecule has 9 nitrogen and oxygen atoms in total. The molecule has 1 fully saturated rings. The number of likely N-dealkylation sites (tertiary alicyclic amines) is 1. The van der Waals surface area contributed by atoms with Gasteiger partial charge in [0.05, 0.1) is 25.6 Å². The lowest BCUT2D eigenvalue weighted by Crippen LogP contribution is -2.41. The number of amides is 2. The largest absolute Gasteiger partial charge is 0.493 e. The number of halogens is 2. The summed E-state index contributed by atoms with van der Waals surface area (Å²) >= 11 is 0. The van der Waals surface area contributed by atoms with Crippen LogP contribution in [0.3, 0.4) is 0 Å². The number of anilines is 1. The second-order valence-corrected chi connectivity index (χ2v) is 8.78. The number of nitrogens with zero attached hydrogens (tertiary/aromatic N) is 5. The number of benzene rings is 1. The van der Waals surface area contributed by atoms with Gasteiger partial charge in [-0.3, -0.25) is 9.59 Å². The summed E-state index contributed by atoms with van der Waals surface area (Å²) in [7, 11) is 3.07. The fraction of sp³-hybridized carbons (Fsp3) is 0.308. The van der Waals surface area contributed by atoms with Crippen LogP contribution in [0, 0.1) is 17.2 Å². The van der Waals surface area contributed by atoms with Gasteiger partial charge >= 0.3 is 0 Å². The monoisotopic (exact) mass is 508 g/mol. The third-order valence-electron chi connectivity index (χ3n) is 6.33. The van der Waals surface area contributed by atoms with Crippen molar-refractivity contribution in [2.24, 2.45) is 5.92 Å². The van der Waals surface area contributed by atoms with Crippen molar-refractivity contribution in [1.82, 2.24) is 19.2 Å². The van der Waals surface area contributed by atoms with Crippen LogP contribution in [0.5, 0.6) is 5.75 Å². The van der Waals surface area contributed by atoms with Gasteiger partial charge in [-0.2, -0.15) is 5.26 Å². The summed E-state index contributed by atoms with van der Waals surface area (Å²) in [5.74, 6) is -0.815. The Balaban J connectivity index is 1.45. The van der Waals surface area contributed by atoms with Crippen molar-refractivity contribution in [2.45, 2.75) is 18.9 Å². The van der Waals surface area contributed by atoms with Crippen LogP contribution in [0.15, 0.2) is 55.4 Å². The summed E-state index contributed by atoms with van der Waals surface area (Å²) in [4.78, 5) is 32.8. The van der Waals surface area contributed by atoms with Gasteiger partial charge in [0.2, 0.25) is 11.8 Å². The highest BCUT2D eigenvalue weighted by molar-refractivity contribution is 5.94. The van der Waals surface area contributed by atoms with Gasteiger partial charge in [-0.1, -0.05) is 24.8 Å². The number of aromatic nitrogens is 2. The SMILES string of the molecule is C=C(c1cc(OC)c2nc(C(F)F)cn2c1)N(C)CC(=O)N1CC(C(=O)Nc2ccccc2)CC1C#N. The normalized spacial score (nSPS) is 17.0. The number of pyridine rings is 1. The zero-order valence-corrected chi connectivity index (χ0v) is 20.4. The van der Waals surface area contributed by atoms with E-state index in [0.29, 0.717) is 16.9 Å². The van der Waals surface area contributed by atoms with Crippen molar-refractivity contribution in [3.8, 4) is 11.8 Å². The standard InChI is InChI=1S/C26H26F2N6O3/c1-16(17-10-22(37-3)25-31-21(24(27)28)14-33(25)12-17)32(2)15-23(35)34-13-18(9-20(34)11-29)26(36)30-19-7-5-4-6-8-19/h4-8,10,12,14,18,20,24H,1,9,13,15H2,2-3H3,(H,30,36). The first kappa shape index (κ1) is 25.6. The number of nitriles is 1. The fourth-order valence-corrected chi connectivity index (χ4v) is 4.30. The highest BCUT2D eigenvalue weighted by Crippen LogP contribution is 2.29. The van der Waals surface area contributed by atoms with E-state index in [0.717, 1.165) is 0 Å². The highest BCUT2D eigenvalue weighted by atomic mass is 19.3. The number of nitrogens with one attached hydrogen (secondary N) is 1. The molecule has 0 saturated carbocycles.